The summed E-state index contributed by atoms with van der Waals surface area (Å²) in [5.74, 6) is -0.740. The highest BCUT2D eigenvalue weighted by molar-refractivity contribution is 7.89. The first-order valence-electron chi connectivity index (χ1n) is 7.24. The number of rotatable bonds is 4. The van der Waals surface area contributed by atoms with E-state index in [4.69, 9.17) is 11.6 Å². The summed E-state index contributed by atoms with van der Waals surface area (Å²) >= 11 is 5.76. The number of phenolic OH excluding ortho intramolecular Hbond substituents is 1. The molecule has 3 rings (SSSR count). The molecule has 24 heavy (non-hydrogen) atoms. The highest BCUT2D eigenvalue weighted by Crippen LogP contribution is 2.31. The number of hydrogen-bond acceptors (Lipinski definition) is 5. The van der Waals surface area contributed by atoms with Crippen LogP contribution in [-0.2, 0) is 10.0 Å². The molecule has 9 heteroatoms. The van der Waals surface area contributed by atoms with Crippen LogP contribution >= 0.6 is 11.6 Å². The zero-order valence-electron chi connectivity index (χ0n) is 12.5. The van der Waals surface area contributed by atoms with E-state index in [-0.39, 0.29) is 22.3 Å². The van der Waals surface area contributed by atoms with E-state index in [0.717, 1.165) is 0 Å². The van der Waals surface area contributed by atoms with Gasteiger partial charge in [0.05, 0.1) is 5.02 Å². The van der Waals surface area contributed by atoms with Crippen molar-refractivity contribution in [2.45, 2.75) is 17.4 Å². The second kappa shape index (κ2) is 6.54. The molecule has 0 spiro atoms. The largest absolute Gasteiger partial charge is 0.505 e. The summed E-state index contributed by atoms with van der Waals surface area (Å²) in [6.45, 7) is 0.761. The summed E-state index contributed by atoms with van der Waals surface area (Å²) < 4.78 is 41.2. The van der Waals surface area contributed by atoms with Gasteiger partial charge in [0, 0.05) is 25.3 Å². The Bertz CT molecular complexity index is 863. The first-order chi connectivity index (χ1) is 11.4. The van der Waals surface area contributed by atoms with E-state index >= 15 is 0 Å². The lowest BCUT2D eigenvalue weighted by Crippen LogP contribution is -2.37. The minimum absolute atomic E-state index is 0.0403. The SMILES string of the molecule is O=S(=O)(NC1CCN(c2ncccc2F)C1)c1cccc(Cl)c1O. The molecule has 0 radical (unpaired) electrons. The fourth-order valence-corrected chi connectivity index (χ4v) is 4.27. The maximum atomic E-state index is 13.8. The molecule has 6 nitrogen and oxygen atoms in total. The fraction of sp³-hybridized carbons (Fsp3) is 0.267. The molecule has 1 aliphatic heterocycles. The number of phenols is 1. The minimum atomic E-state index is -3.94. The van der Waals surface area contributed by atoms with Crippen LogP contribution in [0, 0.1) is 5.82 Å². The van der Waals surface area contributed by atoms with Crippen molar-refractivity contribution in [3.8, 4) is 5.75 Å². The predicted octanol–water partition coefficient (Wildman–Crippen LogP) is 2.14. The van der Waals surface area contributed by atoms with E-state index in [2.05, 4.69) is 9.71 Å². The minimum Gasteiger partial charge on any atom is -0.505 e. The lowest BCUT2D eigenvalue weighted by atomic mass is 10.3. The number of aromatic hydroxyl groups is 1. The molecule has 0 aliphatic carbocycles. The Labute approximate surface area is 143 Å². The maximum absolute atomic E-state index is 13.8. The summed E-state index contributed by atoms with van der Waals surface area (Å²) in [5.41, 5.74) is 0. The number of aromatic nitrogens is 1. The van der Waals surface area contributed by atoms with Crippen molar-refractivity contribution in [3.63, 3.8) is 0 Å². The average molecular weight is 372 g/mol. The second-order valence-electron chi connectivity index (χ2n) is 5.45. The van der Waals surface area contributed by atoms with Gasteiger partial charge in [-0.05, 0) is 30.7 Å². The Morgan fingerprint density at radius 3 is 2.88 bits per heavy atom. The van der Waals surface area contributed by atoms with Gasteiger partial charge >= 0.3 is 0 Å². The van der Waals surface area contributed by atoms with Crippen molar-refractivity contribution in [3.05, 3.63) is 47.4 Å². The van der Waals surface area contributed by atoms with Crippen LogP contribution in [0.25, 0.3) is 0 Å². The molecule has 2 N–H and O–H groups in total. The van der Waals surface area contributed by atoms with Gasteiger partial charge in [-0.3, -0.25) is 0 Å². The summed E-state index contributed by atoms with van der Waals surface area (Å²) in [5, 5.41) is 9.81. The zero-order valence-corrected chi connectivity index (χ0v) is 14.1. The average Bonchev–Trinajstić information content (AvgIpc) is 2.97. The normalized spacial score (nSPS) is 18.1. The van der Waals surface area contributed by atoms with Gasteiger partial charge in [0.1, 0.15) is 4.90 Å². The third-order valence-corrected chi connectivity index (χ3v) is 5.65. The molecule has 128 valence electrons. The molecular formula is C15H15ClFN3O3S. The molecule has 1 fully saturated rings. The van der Waals surface area contributed by atoms with Gasteiger partial charge < -0.3 is 10.0 Å². The molecule has 1 aliphatic rings. The van der Waals surface area contributed by atoms with E-state index in [0.29, 0.717) is 13.0 Å². The first-order valence-corrected chi connectivity index (χ1v) is 9.10. The van der Waals surface area contributed by atoms with Crippen molar-refractivity contribution >= 4 is 27.4 Å². The van der Waals surface area contributed by atoms with Crippen LogP contribution < -0.4 is 9.62 Å². The number of benzene rings is 1. The van der Waals surface area contributed by atoms with E-state index in [1.807, 2.05) is 0 Å². The number of pyridine rings is 1. The van der Waals surface area contributed by atoms with Gasteiger partial charge in [0.15, 0.2) is 17.4 Å². The van der Waals surface area contributed by atoms with Crippen LogP contribution in [0.1, 0.15) is 6.42 Å². The van der Waals surface area contributed by atoms with Gasteiger partial charge in [-0.2, -0.15) is 0 Å². The topological polar surface area (TPSA) is 82.5 Å². The van der Waals surface area contributed by atoms with Crippen LogP contribution in [0.2, 0.25) is 5.02 Å². The second-order valence-corrected chi connectivity index (χ2v) is 7.54. The van der Waals surface area contributed by atoms with E-state index in [1.54, 1.807) is 4.90 Å². The Hall–Kier alpha value is -1.90. The van der Waals surface area contributed by atoms with Crippen molar-refractivity contribution in [2.24, 2.45) is 0 Å². The number of sulfonamides is 1. The summed E-state index contributed by atoms with van der Waals surface area (Å²) in [4.78, 5) is 5.39. The molecule has 2 aromatic rings. The van der Waals surface area contributed by atoms with Crippen molar-refractivity contribution in [2.75, 3.05) is 18.0 Å². The van der Waals surface area contributed by atoms with Crippen molar-refractivity contribution in [1.29, 1.82) is 0 Å². The molecule has 1 aromatic heterocycles. The lowest BCUT2D eigenvalue weighted by Gasteiger charge is -2.18. The highest BCUT2D eigenvalue weighted by atomic mass is 35.5. The molecule has 1 atom stereocenters. The number of hydrogen-bond donors (Lipinski definition) is 2. The number of para-hydroxylation sites is 1. The molecule has 0 saturated carbocycles. The first kappa shape index (κ1) is 16.9. The van der Waals surface area contributed by atoms with Crippen LogP contribution in [0.15, 0.2) is 41.4 Å². The molecule has 1 aromatic carbocycles. The van der Waals surface area contributed by atoms with E-state index < -0.39 is 27.6 Å². The Morgan fingerprint density at radius 1 is 1.33 bits per heavy atom. The van der Waals surface area contributed by atoms with Gasteiger partial charge in [0.2, 0.25) is 10.0 Å². The maximum Gasteiger partial charge on any atom is 0.244 e. The summed E-state index contributed by atoms with van der Waals surface area (Å²) in [6.07, 6.45) is 1.98. The Kier molecular flexibility index (Phi) is 4.62. The summed E-state index contributed by atoms with van der Waals surface area (Å²) in [6, 6.07) is 6.50. The van der Waals surface area contributed by atoms with Crippen molar-refractivity contribution < 1.29 is 17.9 Å². The third-order valence-electron chi connectivity index (χ3n) is 3.79. The van der Waals surface area contributed by atoms with Crippen LogP contribution in [0.5, 0.6) is 5.75 Å². The quantitative estimate of drug-likeness (QED) is 0.860. The highest BCUT2D eigenvalue weighted by Gasteiger charge is 2.30. The molecule has 1 unspecified atom stereocenters. The number of nitrogens with one attached hydrogen (secondary N) is 1. The van der Waals surface area contributed by atoms with E-state index in [1.165, 1.54) is 36.5 Å². The third kappa shape index (κ3) is 3.31. The fourth-order valence-electron chi connectivity index (χ4n) is 2.65. The number of halogens is 2. The van der Waals surface area contributed by atoms with Crippen LogP contribution in [0.3, 0.4) is 0 Å². The molecule has 2 heterocycles. The predicted molar refractivity (Wildman–Crippen MR) is 88.3 cm³/mol. The lowest BCUT2D eigenvalue weighted by molar-refractivity contribution is 0.457. The van der Waals surface area contributed by atoms with Crippen LogP contribution in [0.4, 0.5) is 10.2 Å². The molecule has 0 amide bonds. The smallest absolute Gasteiger partial charge is 0.244 e. The number of nitrogens with zero attached hydrogens (tertiary/aromatic N) is 2. The standard InChI is InChI=1S/C15H15ClFN3O3S/c16-11-3-1-5-13(14(11)21)24(22,23)19-10-6-8-20(9-10)15-12(17)4-2-7-18-15/h1-5,7,10,19,21H,6,8-9H2. The van der Waals surface area contributed by atoms with E-state index in [9.17, 15) is 17.9 Å². The number of anilines is 1. The monoisotopic (exact) mass is 371 g/mol. The zero-order chi connectivity index (χ0) is 17.3. The van der Waals surface area contributed by atoms with Crippen molar-refractivity contribution in [1.82, 2.24) is 9.71 Å². The van der Waals surface area contributed by atoms with Crippen LogP contribution in [-0.4, -0.2) is 37.6 Å². The summed E-state index contributed by atoms with van der Waals surface area (Å²) in [7, 11) is -3.94. The molecule has 0 bridgehead atoms. The molecular weight excluding hydrogens is 357 g/mol. The van der Waals surface area contributed by atoms with Gasteiger partial charge in [-0.25, -0.2) is 22.5 Å². The van der Waals surface area contributed by atoms with Gasteiger partial charge in [-0.15, -0.1) is 0 Å². The molecule has 1 saturated heterocycles. The Morgan fingerprint density at radius 2 is 2.12 bits per heavy atom. The Balaban J connectivity index is 1.75. The van der Waals surface area contributed by atoms with Gasteiger partial charge in [0.25, 0.3) is 0 Å². The van der Waals surface area contributed by atoms with Gasteiger partial charge in [-0.1, -0.05) is 17.7 Å².